The summed E-state index contributed by atoms with van der Waals surface area (Å²) in [4.78, 5) is 15.6. The Labute approximate surface area is 107 Å². The van der Waals surface area contributed by atoms with Crippen LogP contribution in [0.4, 0.5) is 13.2 Å². The topological polar surface area (TPSA) is 61.7 Å². The standard InChI is InChI=1S/C12H11F3N2O2/c1-11(2)10(19)16-9(17-11)6-3-4-8(18)7(5-6)12(13,14)15/h3-5,18H,1-2H3,(H,16,17,19). The molecule has 1 heterocycles. The number of aromatic hydroxyl groups is 1. The molecule has 0 atom stereocenters. The van der Waals surface area contributed by atoms with Gasteiger partial charge in [0.25, 0.3) is 5.91 Å². The van der Waals surface area contributed by atoms with Crippen LogP contribution in [0.15, 0.2) is 23.2 Å². The third-order valence-corrected chi connectivity index (χ3v) is 2.75. The second-order valence-electron chi connectivity index (χ2n) is 4.70. The maximum absolute atomic E-state index is 12.7. The molecule has 1 aliphatic heterocycles. The third-order valence-electron chi connectivity index (χ3n) is 2.75. The lowest BCUT2D eigenvalue weighted by molar-refractivity contribution is -0.138. The summed E-state index contributed by atoms with van der Waals surface area (Å²) in [5.41, 5.74) is -2.07. The molecule has 0 saturated carbocycles. The number of hydrogen-bond acceptors (Lipinski definition) is 3. The second-order valence-corrected chi connectivity index (χ2v) is 4.70. The van der Waals surface area contributed by atoms with E-state index in [1.807, 2.05) is 0 Å². The van der Waals surface area contributed by atoms with Gasteiger partial charge in [0, 0.05) is 5.56 Å². The van der Waals surface area contributed by atoms with E-state index in [0.29, 0.717) is 0 Å². The predicted octanol–water partition coefficient (Wildman–Crippen LogP) is 2.07. The largest absolute Gasteiger partial charge is 0.507 e. The number of hydrogen-bond donors (Lipinski definition) is 2. The molecule has 1 amide bonds. The average molecular weight is 272 g/mol. The monoisotopic (exact) mass is 272 g/mol. The zero-order valence-corrected chi connectivity index (χ0v) is 10.2. The molecule has 0 fully saturated rings. The lowest BCUT2D eigenvalue weighted by Crippen LogP contribution is -2.34. The number of aliphatic imine (C=N–C) groups is 1. The summed E-state index contributed by atoms with van der Waals surface area (Å²) in [6.07, 6.45) is -4.67. The molecule has 0 aliphatic carbocycles. The molecule has 0 radical (unpaired) electrons. The predicted molar refractivity (Wildman–Crippen MR) is 61.9 cm³/mol. The van der Waals surface area contributed by atoms with Crippen LogP contribution in [-0.2, 0) is 11.0 Å². The minimum atomic E-state index is -4.67. The smallest absolute Gasteiger partial charge is 0.419 e. The average Bonchev–Trinajstić information content (AvgIpc) is 2.52. The van der Waals surface area contributed by atoms with Gasteiger partial charge in [-0.2, -0.15) is 13.2 Å². The minimum absolute atomic E-state index is 0.0699. The van der Waals surface area contributed by atoms with Gasteiger partial charge in [0.2, 0.25) is 0 Å². The number of rotatable bonds is 1. The number of carbonyl (C=O) groups excluding carboxylic acids is 1. The molecule has 19 heavy (non-hydrogen) atoms. The number of carbonyl (C=O) groups is 1. The zero-order valence-electron chi connectivity index (χ0n) is 10.2. The summed E-state index contributed by atoms with van der Waals surface area (Å²) in [7, 11) is 0. The molecule has 102 valence electrons. The van der Waals surface area contributed by atoms with Crippen LogP contribution < -0.4 is 5.32 Å². The first-order chi connectivity index (χ1) is 8.61. The lowest BCUT2D eigenvalue weighted by Gasteiger charge is -2.10. The molecule has 0 saturated heterocycles. The van der Waals surface area contributed by atoms with Gasteiger partial charge in [0.05, 0.1) is 5.56 Å². The summed E-state index contributed by atoms with van der Waals surface area (Å²) in [6.45, 7) is 3.11. The van der Waals surface area contributed by atoms with E-state index in [4.69, 9.17) is 0 Å². The first-order valence-electron chi connectivity index (χ1n) is 5.43. The maximum Gasteiger partial charge on any atom is 0.419 e. The van der Waals surface area contributed by atoms with Crippen molar-refractivity contribution in [3.8, 4) is 5.75 Å². The van der Waals surface area contributed by atoms with Gasteiger partial charge in [-0.05, 0) is 32.0 Å². The third kappa shape index (κ3) is 2.40. The van der Waals surface area contributed by atoms with Crippen molar-refractivity contribution in [3.63, 3.8) is 0 Å². The Kier molecular flexibility index (Phi) is 2.80. The second kappa shape index (κ2) is 3.97. The SMILES string of the molecule is CC1(C)N=C(c2ccc(O)c(C(F)(F)F)c2)NC1=O. The molecule has 0 unspecified atom stereocenters. The number of amides is 1. The zero-order chi connectivity index (χ0) is 14.4. The van der Waals surface area contributed by atoms with Gasteiger partial charge in [-0.3, -0.25) is 9.79 Å². The number of halogens is 3. The highest BCUT2D eigenvalue weighted by Gasteiger charge is 2.37. The van der Waals surface area contributed by atoms with Crippen LogP contribution >= 0.6 is 0 Å². The van der Waals surface area contributed by atoms with Crippen molar-refractivity contribution in [1.29, 1.82) is 0 Å². The van der Waals surface area contributed by atoms with E-state index in [-0.39, 0.29) is 17.3 Å². The van der Waals surface area contributed by atoms with Crippen molar-refractivity contribution in [2.75, 3.05) is 0 Å². The minimum Gasteiger partial charge on any atom is -0.507 e. The number of nitrogens with one attached hydrogen (secondary N) is 1. The summed E-state index contributed by atoms with van der Waals surface area (Å²) in [5.74, 6) is -1.18. The van der Waals surface area contributed by atoms with E-state index >= 15 is 0 Å². The maximum atomic E-state index is 12.7. The summed E-state index contributed by atoms with van der Waals surface area (Å²) >= 11 is 0. The first kappa shape index (κ1) is 13.4. The normalized spacial score (nSPS) is 18.2. The molecule has 1 aliphatic rings. The van der Waals surface area contributed by atoms with Crippen molar-refractivity contribution in [1.82, 2.24) is 5.32 Å². The van der Waals surface area contributed by atoms with E-state index in [9.17, 15) is 23.1 Å². The van der Waals surface area contributed by atoms with Crippen LogP contribution in [0.3, 0.4) is 0 Å². The molecule has 1 aromatic carbocycles. The van der Waals surface area contributed by atoms with Crippen molar-refractivity contribution >= 4 is 11.7 Å². The van der Waals surface area contributed by atoms with Gasteiger partial charge < -0.3 is 10.4 Å². The highest BCUT2D eigenvalue weighted by Crippen LogP contribution is 2.36. The van der Waals surface area contributed by atoms with E-state index < -0.39 is 23.0 Å². The number of amidine groups is 1. The first-order valence-corrected chi connectivity index (χ1v) is 5.43. The Morgan fingerprint density at radius 1 is 1.32 bits per heavy atom. The van der Waals surface area contributed by atoms with Gasteiger partial charge in [-0.15, -0.1) is 0 Å². The van der Waals surface area contributed by atoms with Crippen LogP contribution in [0.1, 0.15) is 25.0 Å². The van der Waals surface area contributed by atoms with Crippen LogP contribution in [0.2, 0.25) is 0 Å². The van der Waals surface area contributed by atoms with E-state index in [0.717, 1.165) is 12.1 Å². The quantitative estimate of drug-likeness (QED) is 0.822. The fourth-order valence-electron chi connectivity index (χ4n) is 1.67. The molecule has 2 rings (SSSR count). The number of alkyl halides is 3. The molecule has 1 aromatic rings. The van der Waals surface area contributed by atoms with Crippen LogP contribution in [0, 0.1) is 0 Å². The van der Waals surface area contributed by atoms with Crippen molar-refractivity contribution in [2.24, 2.45) is 4.99 Å². The summed E-state index contributed by atoms with van der Waals surface area (Å²) in [5, 5.41) is 11.6. The molecule has 2 N–H and O–H groups in total. The molecular formula is C12H11F3N2O2. The van der Waals surface area contributed by atoms with E-state index in [2.05, 4.69) is 10.3 Å². The number of benzene rings is 1. The van der Waals surface area contributed by atoms with E-state index in [1.54, 1.807) is 13.8 Å². The van der Waals surface area contributed by atoms with Gasteiger partial charge in [0.15, 0.2) is 0 Å². The Bertz CT molecular complexity index is 577. The number of phenols is 1. The highest BCUT2D eigenvalue weighted by molar-refractivity contribution is 6.15. The molecule has 7 heteroatoms. The molecule has 4 nitrogen and oxygen atoms in total. The van der Waals surface area contributed by atoms with Crippen LogP contribution in [0.5, 0.6) is 5.75 Å². The van der Waals surface area contributed by atoms with Crippen molar-refractivity contribution < 1.29 is 23.1 Å². The van der Waals surface area contributed by atoms with Gasteiger partial charge >= 0.3 is 6.18 Å². The van der Waals surface area contributed by atoms with Gasteiger partial charge in [0.1, 0.15) is 17.1 Å². The Morgan fingerprint density at radius 3 is 2.42 bits per heavy atom. The molecule has 0 bridgehead atoms. The summed E-state index contributed by atoms with van der Waals surface area (Å²) in [6, 6.07) is 2.96. The van der Waals surface area contributed by atoms with Crippen molar-refractivity contribution in [3.05, 3.63) is 29.3 Å². The Hall–Kier alpha value is -2.05. The van der Waals surface area contributed by atoms with Crippen molar-refractivity contribution in [2.45, 2.75) is 25.6 Å². The Morgan fingerprint density at radius 2 is 1.95 bits per heavy atom. The molecule has 0 aromatic heterocycles. The van der Waals surface area contributed by atoms with Crippen LogP contribution in [0.25, 0.3) is 0 Å². The molecule has 0 spiro atoms. The van der Waals surface area contributed by atoms with Gasteiger partial charge in [-0.1, -0.05) is 0 Å². The van der Waals surface area contributed by atoms with Gasteiger partial charge in [-0.25, -0.2) is 0 Å². The summed E-state index contributed by atoms with van der Waals surface area (Å²) < 4.78 is 38.0. The fraction of sp³-hybridized carbons (Fsp3) is 0.333. The molecular weight excluding hydrogens is 261 g/mol. The van der Waals surface area contributed by atoms with Crippen LogP contribution in [-0.4, -0.2) is 22.4 Å². The van der Waals surface area contributed by atoms with E-state index in [1.165, 1.54) is 6.07 Å². The number of phenolic OH excluding ortho intramolecular Hbond substituents is 1. The number of nitrogens with zero attached hydrogens (tertiary/aromatic N) is 1. The fourth-order valence-corrected chi connectivity index (χ4v) is 1.67. The lowest BCUT2D eigenvalue weighted by atomic mass is 10.1. The Balaban J connectivity index is 2.47. The highest BCUT2D eigenvalue weighted by atomic mass is 19.4.